The Balaban J connectivity index is 1.56. The van der Waals surface area contributed by atoms with E-state index in [-0.39, 0.29) is 28.3 Å². The third-order valence-electron chi connectivity index (χ3n) is 8.52. The fourth-order valence-electron chi connectivity index (χ4n) is 5.95. The number of ether oxygens (including phenoxy) is 2. The Labute approximate surface area is 152 Å². The van der Waals surface area contributed by atoms with Gasteiger partial charge in [0.15, 0.2) is 14.1 Å². The maximum atomic E-state index is 12.4. The van der Waals surface area contributed by atoms with E-state index in [0.717, 1.165) is 32.1 Å². The third-order valence-corrected chi connectivity index (χ3v) is 13.0. The minimum Gasteiger partial charge on any atom is -0.413 e. The van der Waals surface area contributed by atoms with Crippen LogP contribution in [0.25, 0.3) is 0 Å². The summed E-state index contributed by atoms with van der Waals surface area (Å²) in [6, 6.07) is 0. The molecule has 0 amide bonds. The van der Waals surface area contributed by atoms with Crippen LogP contribution >= 0.6 is 0 Å². The molecule has 2 spiro atoms. The monoisotopic (exact) mass is 364 g/mol. The Hall–Kier alpha value is -0.233. The minimum absolute atomic E-state index is 0.0000694. The quantitative estimate of drug-likeness (QED) is 0.552. The maximum Gasteiger partial charge on any atom is 0.192 e. The van der Waals surface area contributed by atoms with E-state index in [1.54, 1.807) is 0 Å². The second-order valence-corrected chi connectivity index (χ2v) is 15.5. The van der Waals surface area contributed by atoms with Crippen molar-refractivity contribution in [3.8, 4) is 0 Å². The van der Waals surface area contributed by atoms with Crippen molar-refractivity contribution >= 4 is 14.1 Å². The highest BCUT2D eigenvalue weighted by Crippen LogP contribution is 2.70. The van der Waals surface area contributed by atoms with Gasteiger partial charge in [0.1, 0.15) is 11.7 Å². The number of rotatable bonds is 2. The second-order valence-electron chi connectivity index (χ2n) is 10.8. The molecule has 3 saturated carbocycles. The zero-order valence-electron chi connectivity index (χ0n) is 16.3. The van der Waals surface area contributed by atoms with E-state index >= 15 is 0 Å². The summed E-state index contributed by atoms with van der Waals surface area (Å²) < 4.78 is 19.4. The number of carbonyl (C=O) groups is 1. The highest BCUT2D eigenvalue weighted by Gasteiger charge is 2.79. The van der Waals surface area contributed by atoms with Gasteiger partial charge < -0.3 is 13.9 Å². The van der Waals surface area contributed by atoms with Crippen LogP contribution in [-0.4, -0.2) is 44.1 Å². The molecule has 7 atom stereocenters. The molecule has 0 radical (unpaired) electrons. The number of hydrogen-bond acceptors (Lipinski definition) is 4. The Morgan fingerprint density at radius 1 is 1.20 bits per heavy atom. The van der Waals surface area contributed by atoms with Gasteiger partial charge in [-0.15, -0.1) is 0 Å². The predicted octanol–water partition coefficient (Wildman–Crippen LogP) is 3.83. The first-order valence-electron chi connectivity index (χ1n) is 10.1. The first-order valence-corrected chi connectivity index (χ1v) is 13.0. The minimum atomic E-state index is -1.88. The average molecular weight is 365 g/mol. The first kappa shape index (κ1) is 16.9. The van der Waals surface area contributed by atoms with Crippen molar-refractivity contribution in [2.24, 2.45) is 11.3 Å². The molecule has 2 saturated heterocycles. The average Bonchev–Trinajstić information content (AvgIpc) is 3.38. The lowest BCUT2D eigenvalue weighted by Gasteiger charge is -2.55. The van der Waals surface area contributed by atoms with Crippen molar-refractivity contribution in [1.29, 1.82) is 0 Å². The molecule has 0 unspecified atom stereocenters. The van der Waals surface area contributed by atoms with Crippen LogP contribution in [0.2, 0.25) is 18.1 Å². The summed E-state index contributed by atoms with van der Waals surface area (Å²) in [5.74, 6) is 0.892. The number of Topliss-reactive ketones (excluding diaryl/α,β-unsaturated/α-hetero) is 1. The Morgan fingerprint density at radius 3 is 2.68 bits per heavy atom. The molecule has 5 fully saturated rings. The van der Waals surface area contributed by atoms with Crippen LogP contribution in [0.1, 0.15) is 59.3 Å². The van der Waals surface area contributed by atoms with E-state index < -0.39 is 8.32 Å². The van der Waals surface area contributed by atoms with E-state index in [0.29, 0.717) is 30.3 Å². The normalized spacial score (nSPS) is 51.1. The maximum absolute atomic E-state index is 12.4. The molecule has 25 heavy (non-hydrogen) atoms. The van der Waals surface area contributed by atoms with Gasteiger partial charge in [-0.05, 0) is 56.2 Å². The zero-order chi connectivity index (χ0) is 17.8. The summed E-state index contributed by atoms with van der Waals surface area (Å²) in [6.45, 7) is 11.7. The number of carbonyl (C=O) groups excluding carboxylic acids is 1. The second kappa shape index (κ2) is 4.78. The molecule has 0 aromatic heterocycles. The van der Waals surface area contributed by atoms with Crippen molar-refractivity contribution in [2.45, 2.75) is 107 Å². The molecule has 2 heterocycles. The number of ketones is 1. The van der Waals surface area contributed by atoms with E-state index in [1.165, 1.54) is 0 Å². The zero-order valence-corrected chi connectivity index (χ0v) is 17.3. The van der Waals surface area contributed by atoms with Crippen molar-refractivity contribution in [1.82, 2.24) is 0 Å². The van der Waals surface area contributed by atoms with E-state index in [2.05, 4.69) is 33.9 Å². The highest BCUT2D eigenvalue weighted by atomic mass is 28.4. The Bertz CT molecular complexity index is 626. The highest BCUT2D eigenvalue weighted by molar-refractivity contribution is 6.74. The Morgan fingerprint density at radius 2 is 1.96 bits per heavy atom. The smallest absolute Gasteiger partial charge is 0.192 e. The van der Waals surface area contributed by atoms with Crippen LogP contribution in [0.15, 0.2) is 0 Å². The van der Waals surface area contributed by atoms with Gasteiger partial charge in [0.05, 0.1) is 18.3 Å². The fraction of sp³-hybridized carbons (Fsp3) is 0.950. The van der Waals surface area contributed by atoms with E-state index in [9.17, 15) is 4.79 Å². The molecule has 4 nitrogen and oxygen atoms in total. The van der Waals surface area contributed by atoms with Crippen LogP contribution in [-0.2, 0) is 18.7 Å². The van der Waals surface area contributed by atoms with Gasteiger partial charge in [0.2, 0.25) is 0 Å². The summed E-state index contributed by atoms with van der Waals surface area (Å²) in [4.78, 5) is 12.4. The van der Waals surface area contributed by atoms with Gasteiger partial charge in [0, 0.05) is 11.8 Å². The standard InChI is InChI=1S/C20H32O4Si/c1-18(2,3)25(4,5)24-16-12-6-9-20-17(23-20)13(21)7-8-19(16,20)11-15-14(10-12)22-15/h12,14-17H,6-11H2,1-5H3/t12-,14+,15+,16+,17-,19+,20-/m0/s1. The molecule has 2 aliphatic heterocycles. The lowest BCUT2D eigenvalue weighted by molar-refractivity contribution is -0.132. The lowest BCUT2D eigenvalue weighted by Crippen LogP contribution is -2.62. The van der Waals surface area contributed by atoms with Crippen molar-refractivity contribution < 1.29 is 18.7 Å². The summed E-state index contributed by atoms with van der Waals surface area (Å²) in [5.41, 5.74) is -0.230. The van der Waals surface area contributed by atoms with Crippen molar-refractivity contribution in [3.05, 3.63) is 0 Å². The van der Waals surface area contributed by atoms with Crippen LogP contribution in [0.3, 0.4) is 0 Å². The van der Waals surface area contributed by atoms with Gasteiger partial charge in [-0.2, -0.15) is 0 Å². The molecule has 5 heteroatoms. The molecule has 5 rings (SSSR count). The molecule has 3 aliphatic carbocycles. The molecule has 140 valence electrons. The summed E-state index contributed by atoms with van der Waals surface area (Å²) in [7, 11) is -1.88. The van der Waals surface area contributed by atoms with Gasteiger partial charge >= 0.3 is 0 Å². The van der Waals surface area contributed by atoms with Crippen LogP contribution < -0.4 is 0 Å². The number of hydrogen-bond donors (Lipinski definition) is 0. The van der Waals surface area contributed by atoms with Crippen molar-refractivity contribution in [3.63, 3.8) is 0 Å². The van der Waals surface area contributed by atoms with Crippen molar-refractivity contribution in [2.75, 3.05) is 0 Å². The van der Waals surface area contributed by atoms with Crippen LogP contribution in [0.5, 0.6) is 0 Å². The third kappa shape index (κ3) is 2.13. The molecule has 2 bridgehead atoms. The summed E-state index contributed by atoms with van der Waals surface area (Å²) in [6.07, 6.45) is 6.85. The molecule has 0 N–H and O–H groups in total. The number of epoxide rings is 2. The molecule has 5 aliphatic rings. The molecule has 0 aromatic carbocycles. The predicted molar refractivity (Wildman–Crippen MR) is 97.0 cm³/mol. The van der Waals surface area contributed by atoms with Gasteiger partial charge in [-0.3, -0.25) is 4.79 Å². The lowest BCUT2D eigenvalue weighted by atomic mass is 9.54. The van der Waals surface area contributed by atoms with Crippen LogP contribution in [0.4, 0.5) is 0 Å². The fourth-order valence-corrected chi connectivity index (χ4v) is 7.36. The topological polar surface area (TPSA) is 51.4 Å². The molecule has 0 aromatic rings. The summed E-state index contributed by atoms with van der Waals surface area (Å²) >= 11 is 0. The van der Waals surface area contributed by atoms with Gasteiger partial charge in [-0.25, -0.2) is 0 Å². The first-order chi connectivity index (χ1) is 11.6. The van der Waals surface area contributed by atoms with Crippen LogP contribution in [0, 0.1) is 11.3 Å². The molecular weight excluding hydrogens is 332 g/mol. The van der Waals surface area contributed by atoms with E-state index in [1.807, 2.05) is 0 Å². The van der Waals surface area contributed by atoms with Gasteiger partial charge in [0.25, 0.3) is 0 Å². The van der Waals surface area contributed by atoms with E-state index in [4.69, 9.17) is 13.9 Å². The Kier molecular flexibility index (Phi) is 3.23. The van der Waals surface area contributed by atoms with Gasteiger partial charge in [-0.1, -0.05) is 20.8 Å². The number of fused-ring (bicyclic) bond motifs is 2. The molecular formula is C20H32O4Si. The SMILES string of the molecule is CC(C)(C)[Si](C)(C)O[C@@H]1[C@H]2CC[C@]34O[C@H]3C(=O)CC[C@@]14C[C@H]1O[C@@H]1C2. The summed E-state index contributed by atoms with van der Waals surface area (Å²) in [5, 5.41) is 0.200. The largest absolute Gasteiger partial charge is 0.413 e.